The summed E-state index contributed by atoms with van der Waals surface area (Å²) in [5, 5.41) is 8.58. The highest BCUT2D eigenvalue weighted by atomic mass is 35.5. The van der Waals surface area contributed by atoms with Crippen LogP contribution >= 0.6 is 11.6 Å². The first-order valence-electron chi connectivity index (χ1n) is 6.13. The van der Waals surface area contributed by atoms with E-state index in [1.807, 2.05) is 11.7 Å². The van der Waals surface area contributed by atoms with E-state index in [-0.39, 0.29) is 0 Å². The van der Waals surface area contributed by atoms with Crippen LogP contribution < -0.4 is 5.32 Å². The molecule has 1 aliphatic heterocycles. The molecule has 0 unspecified atom stereocenters. The third-order valence-electron chi connectivity index (χ3n) is 4.28. The third-order valence-corrected chi connectivity index (χ3v) is 4.55. The monoisotopic (exact) mass is 239 g/mol. The van der Waals surface area contributed by atoms with Gasteiger partial charge < -0.3 is 5.32 Å². The third kappa shape index (κ3) is 1.49. The number of piperidine rings is 1. The Balaban J connectivity index is 1.93. The lowest BCUT2D eigenvalue weighted by Crippen LogP contribution is -2.35. The maximum Gasteiger partial charge on any atom is 0.0823 e. The largest absolute Gasteiger partial charge is 0.317 e. The van der Waals surface area contributed by atoms with Gasteiger partial charge in [-0.2, -0.15) is 5.10 Å². The van der Waals surface area contributed by atoms with Gasteiger partial charge in [-0.3, -0.25) is 4.68 Å². The van der Waals surface area contributed by atoms with E-state index in [9.17, 15) is 0 Å². The van der Waals surface area contributed by atoms with E-state index in [2.05, 4.69) is 10.4 Å². The predicted octanol–water partition coefficient (Wildman–Crippen LogP) is 2.10. The molecular formula is C12H18ClN3. The fourth-order valence-corrected chi connectivity index (χ4v) is 3.67. The maximum atomic E-state index is 6.29. The number of halogens is 1. The second kappa shape index (κ2) is 3.74. The molecule has 4 heteroatoms. The number of aromatic nitrogens is 2. The van der Waals surface area contributed by atoms with Gasteiger partial charge in [-0.05, 0) is 44.7 Å². The van der Waals surface area contributed by atoms with Gasteiger partial charge in [0, 0.05) is 12.5 Å². The van der Waals surface area contributed by atoms with Gasteiger partial charge >= 0.3 is 0 Å². The van der Waals surface area contributed by atoms with Crippen LogP contribution in [0.25, 0.3) is 0 Å². The lowest BCUT2D eigenvalue weighted by molar-refractivity contribution is 0.293. The predicted molar refractivity (Wildman–Crippen MR) is 64.7 cm³/mol. The molecule has 0 aromatic carbocycles. The van der Waals surface area contributed by atoms with Gasteiger partial charge in [-0.25, -0.2) is 0 Å². The van der Waals surface area contributed by atoms with E-state index < -0.39 is 0 Å². The van der Waals surface area contributed by atoms with E-state index in [0.29, 0.717) is 5.41 Å². The molecule has 16 heavy (non-hydrogen) atoms. The Kier molecular flexibility index (Phi) is 2.48. The second-order valence-corrected chi connectivity index (χ2v) is 5.55. The summed E-state index contributed by atoms with van der Waals surface area (Å²) in [7, 11) is 2.02. The molecule has 1 aromatic rings. The van der Waals surface area contributed by atoms with Gasteiger partial charge in [0.05, 0.1) is 16.9 Å². The number of nitrogens with one attached hydrogen (secondary N) is 1. The van der Waals surface area contributed by atoms with Crippen molar-refractivity contribution in [1.82, 2.24) is 15.1 Å². The number of hydrogen-bond acceptors (Lipinski definition) is 2. The normalized spacial score (nSPS) is 24.6. The highest BCUT2D eigenvalue weighted by Gasteiger charge is 2.53. The van der Waals surface area contributed by atoms with Crippen molar-refractivity contribution in [3.8, 4) is 0 Å². The zero-order valence-corrected chi connectivity index (χ0v) is 10.4. The van der Waals surface area contributed by atoms with Crippen molar-refractivity contribution in [2.75, 3.05) is 13.1 Å². The van der Waals surface area contributed by atoms with Crippen molar-refractivity contribution < 1.29 is 0 Å². The zero-order valence-electron chi connectivity index (χ0n) is 9.67. The molecule has 3 rings (SSSR count). The van der Waals surface area contributed by atoms with Crippen molar-refractivity contribution in [2.45, 2.75) is 31.1 Å². The van der Waals surface area contributed by atoms with E-state index in [0.717, 1.165) is 24.0 Å². The zero-order chi connectivity index (χ0) is 11.2. The number of aryl methyl sites for hydroxylation is 1. The first kappa shape index (κ1) is 10.6. The summed E-state index contributed by atoms with van der Waals surface area (Å²) < 4.78 is 1.98. The van der Waals surface area contributed by atoms with Crippen LogP contribution in [0, 0.1) is 5.92 Å². The van der Waals surface area contributed by atoms with E-state index >= 15 is 0 Å². The molecule has 1 aromatic heterocycles. The number of hydrogen-bond donors (Lipinski definition) is 1. The lowest BCUT2D eigenvalue weighted by Gasteiger charge is -2.31. The fourth-order valence-electron chi connectivity index (χ4n) is 3.32. The lowest BCUT2D eigenvalue weighted by atomic mass is 9.80. The first-order chi connectivity index (χ1) is 7.74. The van der Waals surface area contributed by atoms with Gasteiger partial charge in [0.15, 0.2) is 0 Å². The molecule has 2 aliphatic rings. The average molecular weight is 240 g/mol. The quantitative estimate of drug-likeness (QED) is 0.857. The van der Waals surface area contributed by atoms with Crippen LogP contribution in [-0.2, 0) is 12.5 Å². The van der Waals surface area contributed by atoms with Crippen molar-refractivity contribution in [3.05, 3.63) is 16.9 Å². The molecule has 0 bridgehead atoms. The molecule has 1 N–H and O–H groups in total. The molecule has 2 heterocycles. The Bertz CT molecular complexity index is 369. The molecule has 0 amide bonds. The maximum absolute atomic E-state index is 6.29. The molecule has 1 saturated carbocycles. The van der Waals surface area contributed by atoms with Crippen molar-refractivity contribution in [2.24, 2.45) is 13.0 Å². The van der Waals surface area contributed by atoms with Gasteiger partial charge in [0.2, 0.25) is 0 Å². The topological polar surface area (TPSA) is 29.9 Å². The summed E-state index contributed by atoms with van der Waals surface area (Å²) in [4.78, 5) is 0. The minimum atomic E-state index is 0.352. The van der Waals surface area contributed by atoms with Crippen molar-refractivity contribution >= 4 is 11.6 Å². The van der Waals surface area contributed by atoms with Crippen LogP contribution in [0.15, 0.2) is 6.20 Å². The minimum absolute atomic E-state index is 0.352. The summed E-state index contributed by atoms with van der Waals surface area (Å²) in [5.41, 5.74) is 1.63. The SMILES string of the molecule is Cn1ncc(Cl)c1C1(C2CCNCC2)CC1. The Labute approximate surface area is 101 Å². The van der Waals surface area contributed by atoms with E-state index in [4.69, 9.17) is 11.6 Å². The fraction of sp³-hybridized carbons (Fsp3) is 0.750. The summed E-state index contributed by atoms with van der Waals surface area (Å²) >= 11 is 6.29. The molecule has 0 spiro atoms. The molecular weight excluding hydrogens is 222 g/mol. The Hall–Kier alpha value is -0.540. The number of rotatable bonds is 2. The summed E-state index contributed by atoms with van der Waals surface area (Å²) in [6, 6.07) is 0. The summed E-state index contributed by atoms with van der Waals surface area (Å²) in [5.74, 6) is 0.793. The van der Waals surface area contributed by atoms with Crippen LogP contribution in [0.2, 0.25) is 5.02 Å². The summed E-state index contributed by atoms with van der Waals surface area (Å²) in [6.45, 7) is 2.31. The minimum Gasteiger partial charge on any atom is -0.317 e. The van der Waals surface area contributed by atoms with Gasteiger partial charge in [-0.15, -0.1) is 0 Å². The summed E-state index contributed by atoms with van der Waals surface area (Å²) in [6.07, 6.45) is 6.93. The molecule has 3 nitrogen and oxygen atoms in total. The van der Waals surface area contributed by atoms with Crippen LogP contribution in [0.3, 0.4) is 0 Å². The smallest absolute Gasteiger partial charge is 0.0823 e. The van der Waals surface area contributed by atoms with Gasteiger partial charge in [0.25, 0.3) is 0 Å². The van der Waals surface area contributed by atoms with Crippen LogP contribution in [0.5, 0.6) is 0 Å². The Morgan fingerprint density at radius 3 is 2.62 bits per heavy atom. The van der Waals surface area contributed by atoms with E-state index in [1.165, 1.54) is 31.4 Å². The Morgan fingerprint density at radius 1 is 1.44 bits per heavy atom. The van der Waals surface area contributed by atoms with Crippen molar-refractivity contribution in [1.29, 1.82) is 0 Å². The average Bonchev–Trinajstić information content (AvgIpc) is 3.03. The molecule has 1 aliphatic carbocycles. The molecule has 1 saturated heterocycles. The Morgan fingerprint density at radius 2 is 2.12 bits per heavy atom. The van der Waals surface area contributed by atoms with Crippen molar-refractivity contribution in [3.63, 3.8) is 0 Å². The molecule has 88 valence electrons. The number of nitrogens with zero attached hydrogens (tertiary/aromatic N) is 2. The van der Waals surface area contributed by atoms with Gasteiger partial charge in [-0.1, -0.05) is 11.6 Å². The van der Waals surface area contributed by atoms with Gasteiger partial charge in [0.1, 0.15) is 0 Å². The highest BCUT2D eigenvalue weighted by molar-refractivity contribution is 6.31. The standard InChI is InChI=1S/C12H18ClN3/c1-16-11(10(13)8-15-16)12(4-5-12)9-2-6-14-7-3-9/h8-9,14H,2-7H2,1H3. The second-order valence-electron chi connectivity index (χ2n) is 5.15. The highest BCUT2D eigenvalue weighted by Crippen LogP contribution is 2.57. The molecule has 0 radical (unpaired) electrons. The van der Waals surface area contributed by atoms with Crippen LogP contribution in [0.4, 0.5) is 0 Å². The van der Waals surface area contributed by atoms with Crippen LogP contribution in [0.1, 0.15) is 31.4 Å². The molecule has 2 fully saturated rings. The van der Waals surface area contributed by atoms with Crippen LogP contribution in [-0.4, -0.2) is 22.9 Å². The van der Waals surface area contributed by atoms with E-state index in [1.54, 1.807) is 6.20 Å². The molecule has 0 atom stereocenters. The first-order valence-corrected chi connectivity index (χ1v) is 6.50.